The van der Waals surface area contributed by atoms with Crippen molar-refractivity contribution in [3.05, 3.63) is 59.5 Å². The molecule has 4 aliphatic rings. The van der Waals surface area contributed by atoms with Gasteiger partial charge in [-0.2, -0.15) is 0 Å². The van der Waals surface area contributed by atoms with E-state index in [0.717, 1.165) is 64.2 Å². The first-order valence-electron chi connectivity index (χ1n) is 13.2. The molecule has 0 radical (unpaired) electrons. The first-order valence-corrected chi connectivity index (χ1v) is 13.2. The lowest BCUT2D eigenvalue weighted by molar-refractivity contribution is 0.00789. The fourth-order valence-electron chi connectivity index (χ4n) is 6.42. The van der Waals surface area contributed by atoms with Gasteiger partial charge in [0, 0.05) is 11.8 Å². The largest absolute Gasteiger partial charge is 0.378 e. The van der Waals surface area contributed by atoms with Crippen LogP contribution in [0.4, 0.5) is 13.2 Å². The number of hydrogen-bond acceptors (Lipinski definition) is 2. The molecule has 1 aromatic carbocycles. The van der Waals surface area contributed by atoms with Crippen LogP contribution in [0, 0.1) is 29.4 Å². The van der Waals surface area contributed by atoms with Gasteiger partial charge in [-0.3, -0.25) is 0 Å². The summed E-state index contributed by atoms with van der Waals surface area (Å²) < 4.78 is 55.8. The zero-order valence-corrected chi connectivity index (χ0v) is 20.0. The standard InChI is InChI=1S/C29H37F3O2/c1-2-18-3-6-20(7-4-18)23-13-14-24(29(32)28(23)31)21-8-10-22(11-9-21)33-16-19-5-12-25(26(30)15-19)27-17-34-27/h2,13-15,18-22,25,27H,1,3-12,16-17H2. The Labute approximate surface area is 201 Å². The zero-order chi connectivity index (χ0) is 23.7. The molecule has 5 heteroatoms. The summed E-state index contributed by atoms with van der Waals surface area (Å²) in [4.78, 5) is 0. The molecule has 5 rings (SSSR count). The zero-order valence-electron chi connectivity index (χ0n) is 20.0. The van der Waals surface area contributed by atoms with Gasteiger partial charge in [0.2, 0.25) is 0 Å². The first kappa shape index (κ1) is 24.1. The maximum Gasteiger partial charge on any atom is 0.162 e. The van der Waals surface area contributed by atoms with Crippen LogP contribution in [0.25, 0.3) is 0 Å². The maximum absolute atomic E-state index is 15.1. The van der Waals surface area contributed by atoms with E-state index in [1.165, 1.54) is 0 Å². The van der Waals surface area contributed by atoms with Crippen molar-refractivity contribution >= 4 is 0 Å². The third kappa shape index (κ3) is 5.31. The molecule has 3 atom stereocenters. The molecule has 0 bridgehead atoms. The minimum Gasteiger partial charge on any atom is -0.378 e. The molecule has 1 saturated heterocycles. The van der Waals surface area contributed by atoms with E-state index in [2.05, 4.69) is 6.58 Å². The van der Waals surface area contributed by atoms with Gasteiger partial charge in [0.25, 0.3) is 0 Å². The molecule has 0 N–H and O–H groups in total. The summed E-state index contributed by atoms with van der Waals surface area (Å²) in [6.45, 7) is 5.08. The lowest BCUT2D eigenvalue weighted by atomic mass is 9.77. The van der Waals surface area contributed by atoms with Gasteiger partial charge in [-0.25, -0.2) is 13.2 Å². The number of allylic oxidation sites excluding steroid dienone is 1. The normalized spacial score (nSPS) is 36.1. The molecule has 3 unspecified atom stereocenters. The summed E-state index contributed by atoms with van der Waals surface area (Å²) in [5.41, 5.74) is 1.06. The highest BCUT2D eigenvalue weighted by Crippen LogP contribution is 2.42. The Hall–Kier alpha value is -1.59. The van der Waals surface area contributed by atoms with Crippen LogP contribution < -0.4 is 0 Å². The summed E-state index contributed by atoms with van der Waals surface area (Å²) in [5, 5.41) is 0. The molecule has 34 heavy (non-hydrogen) atoms. The molecule has 0 aromatic heterocycles. The monoisotopic (exact) mass is 474 g/mol. The predicted octanol–water partition coefficient (Wildman–Crippen LogP) is 7.75. The van der Waals surface area contributed by atoms with Crippen molar-refractivity contribution in [1.82, 2.24) is 0 Å². The topological polar surface area (TPSA) is 21.8 Å². The summed E-state index contributed by atoms with van der Waals surface area (Å²) in [7, 11) is 0. The third-order valence-electron chi connectivity index (χ3n) is 8.75. The van der Waals surface area contributed by atoms with Crippen molar-refractivity contribution < 1.29 is 22.6 Å². The van der Waals surface area contributed by atoms with Gasteiger partial charge in [0.1, 0.15) is 5.83 Å². The molecule has 3 fully saturated rings. The molecule has 1 heterocycles. The van der Waals surface area contributed by atoms with Crippen LogP contribution in [0.1, 0.15) is 87.2 Å². The third-order valence-corrected chi connectivity index (χ3v) is 8.75. The highest BCUT2D eigenvalue weighted by atomic mass is 19.2. The maximum atomic E-state index is 15.1. The van der Waals surface area contributed by atoms with Crippen LogP contribution in [0.3, 0.4) is 0 Å². The van der Waals surface area contributed by atoms with Crippen molar-refractivity contribution in [1.29, 1.82) is 0 Å². The Morgan fingerprint density at radius 2 is 1.44 bits per heavy atom. The summed E-state index contributed by atoms with van der Waals surface area (Å²) >= 11 is 0. The van der Waals surface area contributed by atoms with Crippen LogP contribution in [0.15, 0.2) is 36.7 Å². The van der Waals surface area contributed by atoms with E-state index in [-0.39, 0.29) is 41.7 Å². The molecular formula is C29H37F3O2. The van der Waals surface area contributed by atoms with Crippen LogP contribution in [0.2, 0.25) is 0 Å². The number of epoxide rings is 1. The number of halogens is 3. The molecule has 1 aromatic rings. The lowest BCUT2D eigenvalue weighted by Crippen LogP contribution is -2.26. The van der Waals surface area contributed by atoms with Gasteiger partial charge in [0.15, 0.2) is 11.6 Å². The van der Waals surface area contributed by atoms with E-state index in [0.29, 0.717) is 30.3 Å². The Morgan fingerprint density at radius 1 is 0.853 bits per heavy atom. The molecule has 0 spiro atoms. The fraction of sp³-hybridized carbons (Fsp3) is 0.655. The number of hydrogen-bond donors (Lipinski definition) is 0. The SMILES string of the molecule is C=CC1CCC(c2ccc(C3CCC(OCC4C=C(F)C(C5CO5)CC4)CC3)c(F)c2F)CC1. The molecule has 186 valence electrons. The van der Waals surface area contributed by atoms with E-state index in [9.17, 15) is 4.39 Å². The average Bonchev–Trinajstić information content (AvgIpc) is 3.70. The van der Waals surface area contributed by atoms with Gasteiger partial charge in [-0.15, -0.1) is 6.58 Å². The van der Waals surface area contributed by atoms with Crippen molar-refractivity contribution in [3.63, 3.8) is 0 Å². The highest BCUT2D eigenvalue weighted by Gasteiger charge is 2.38. The molecular weight excluding hydrogens is 437 g/mol. The fourth-order valence-corrected chi connectivity index (χ4v) is 6.42. The van der Waals surface area contributed by atoms with Gasteiger partial charge in [-0.05, 0) is 99.2 Å². The molecule has 2 saturated carbocycles. The minimum absolute atomic E-state index is 0.0335. The van der Waals surface area contributed by atoms with Crippen LogP contribution in [-0.4, -0.2) is 25.4 Å². The Kier molecular flexibility index (Phi) is 7.50. The van der Waals surface area contributed by atoms with E-state index in [1.54, 1.807) is 6.08 Å². The second kappa shape index (κ2) is 10.6. The van der Waals surface area contributed by atoms with Crippen molar-refractivity contribution in [2.75, 3.05) is 13.2 Å². The van der Waals surface area contributed by atoms with Crippen LogP contribution >= 0.6 is 0 Å². The van der Waals surface area contributed by atoms with Crippen molar-refractivity contribution in [2.24, 2.45) is 17.8 Å². The lowest BCUT2D eigenvalue weighted by Gasteiger charge is -2.31. The summed E-state index contributed by atoms with van der Waals surface area (Å²) in [6, 6.07) is 3.66. The van der Waals surface area contributed by atoms with Crippen LogP contribution in [-0.2, 0) is 9.47 Å². The minimum atomic E-state index is -0.648. The second-order valence-corrected chi connectivity index (χ2v) is 10.9. The summed E-state index contributed by atoms with van der Waals surface area (Å²) in [6.07, 6.45) is 12.7. The van der Waals surface area contributed by atoms with Gasteiger partial charge in [-0.1, -0.05) is 18.2 Å². The molecule has 3 aliphatic carbocycles. The highest BCUT2D eigenvalue weighted by molar-refractivity contribution is 5.32. The Balaban J connectivity index is 1.12. The predicted molar refractivity (Wildman–Crippen MR) is 127 cm³/mol. The van der Waals surface area contributed by atoms with Gasteiger partial charge >= 0.3 is 0 Å². The van der Waals surface area contributed by atoms with E-state index >= 15 is 8.78 Å². The number of ether oxygens (including phenoxy) is 2. The van der Waals surface area contributed by atoms with Gasteiger partial charge in [0.05, 0.1) is 25.4 Å². The molecule has 0 amide bonds. The quantitative estimate of drug-likeness (QED) is 0.298. The number of benzene rings is 1. The van der Waals surface area contributed by atoms with E-state index in [1.807, 2.05) is 18.2 Å². The summed E-state index contributed by atoms with van der Waals surface area (Å²) in [5.74, 6) is -0.627. The Bertz CT molecular complexity index is 893. The van der Waals surface area contributed by atoms with Gasteiger partial charge < -0.3 is 9.47 Å². The van der Waals surface area contributed by atoms with E-state index in [4.69, 9.17) is 9.47 Å². The Morgan fingerprint density at radius 3 is 1.97 bits per heavy atom. The number of rotatable bonds is 7. The second-order valence-electron chi connectivity index (χ2n) is 10.9. The van der Waals surface area contributed by atoms with E-state index < -0.39 is 11.6 Å². The molecule has 1 aliphatic heterocycles. The average molecular weight is 475 g/mol. The smallest absolute Gasteiger partial charge is 0.162 e. The van der Waals surface area contributed by atoms with Crippen molar-refractivity contribution in [3.8, 4) is 0 Å². The first-order chi connectivity index (χ1) is 16.5. The van der Waals surface area contributed by atoms with Crippen molar-refractivity contribution in [2.45, 2.75) is 88.3 Å². The molecule has 2 nitrogen and oxygen atoms in total. The van der Waals surface area contributed by atoms with Crippen LogP contribution in [0.5, 0.6) is 0 Å².